The lowest BCUT2D eigenvalue weighted by Gasteiger charge is -2.23. The summed E-state index contributed by atoms with van der Waals surface area (Å²) in [6.45, 7) is 0.454. The van der Waals surface area contributed by atoms with E-state index >= 15 is 0 Å². The summed E-state index contributed by atoms with van der Waals surface area (Å²) in [6.07, 6.45) is 2.57. The van der Waals surface area contributed by atoms with E-state index in [0.29, 0.717) is 18.3 Å². The third-order valence-corrected chi connectivity index (χ3v) is 4.95. The second-order valence-corrected chi connectivity index (χ2v) is 6.09. The number of sulfone groups is 1. The highest BCUT2D eigenvalue weighted by molar-refractivity contribution is 14.0. The van der Waals surface area contributed by atoms with Crippen molar-refractivity contribution in [2.75, 3.05) is 26.4 Å². The van der Waals surface area contributed by atoms with Gasteiger partial charge in [0.1, 0.15) is 0 Å². The Kier molecular flexibility index (Phi) is 7.29. The Bertz CT molecular complexity index is 330. The van der Waals surface area contributed by atoms with Crippen molar-refractivity contribution in [2.24, 2.45) is 4.99 Å². The minimum atomic E-state index is -2.88. The normalized spacial score (nSPS) is 24.4. The van der Waals surface area contributed by atoms with Gasteiger partial charge in [-0.2, -0.15) is 0 Å². The van der Waals surface area contributed by atoms with Gasteiger partial charge in [-0.25, -0.2) is 8.42 Å². The number of halogens is 1. The first-order valence-electron chi connectivity index (χ1n) is 5.20. The maximum atomic E-state index is 11.7. The van der Waals surface area contributed by atoms with E-state index in [0.717, 1.165) is 19.3 Å². The largest absolute Gasteiger partial charge is 0.359 e. The van der Waals surface area contributed by atoms with Crippen LogP contribution in [-0.2, 0) is 9.84 Å². The standard InChI is InChI=1S/C9H19N3O2S.HI/c1-10-9(11-2)12-7-8-5-3-4-6-15(8,13)14;/h8H,3-7H2,1-2H3,(H2,10,11,12);1H. The van der Waals surface area contributed by atoms with Crippen LogP contribution in [0.4, 0.5) is 0 Å². The van der Waals surface area contributed by atoms with E-state index in [-0.39, 0.29) is 29.2 Å². The second kappa shape index (κ2) is 7.31. The molecule has 1 saturated heterocycles. The molecule has 1 unspecified atom stereocenters. The van der Waals surface area contributed by atoms with Crippen molar-refractivity contribution >= 4 is 39.8 Å². The van der Waals surface area contributed by atoms with Gasteiger partial charge in [0.2, 0.25) is 0 Å². The molecule has 16 heavy (non-hydrogen) atoms. The highest BCUT2D eigenvalue weighted by Gasteiger charge is 2.28. The molecule has 5 nitrogen and oxygen atoms in total. The van der Waals surface area contributed by atoms with Crippen LogP contribution in [0.1, 0.15) is 19.3 Å². The quantitative estimate of drug-likeness (QED) is 0.424. The molecule has 0 aromatic carbocycles. The Labute approximate surface area is 114 Å². The number of nitrogens with zero attached hydrogens (tertiary/aromatic N) is 1. The van der Waals surface area contributed by atoms with Crippen molar-refractivity contribution < 1.29 is 8.42 Å². The zero-order valence-electron chi connectivity index (χ0n) is 9.69. The molecule has 2 N–H and O–H groups in total. The summed E-state index contributed by atoms with van der Waals surface area (Å²) in [5.74, 6) is 0.966. The average molecular weight is 361 g/mol. The van der Waals surface area contributed by atoms with Gasteiger partial charge in [0.15, 0.2) is 15.8 Å². The molecule has 0 saturated carbocycles. The van der Waals surface area contributed by atoms with Crippen molar-refractivity contribution in [3.63, 3.8) is 0 Å². The molecule has 0 amide bonds. The van der Waals surface area contributed by atoms with E-state index in [1.165, 1.54) is 0 Å². The molecule has 1 fully saturated rings. The Morgan fingerprint density at radius 2 is 2.12 bits per heavy atom. The van der Waals surface area contributed by atoms with Crippen LogP contribution in [0.5, 0.6) is 0 Å². The Morgan fingerprint density at radius 3 is 2.62 bits per heavy atom. The van der Waals surface area contributed by atoms with Crippen molar-refractivity contribution in [3.8, 4) is 0 Å². The molecule has 0 aliphatic carbocycles. The summed E-state index contributed by atoms with van der Waals surface area (Å²) < 4.78 is 23.3. The highest BCUT2D eigenvalue weighted by atomic mass is 127. The molecule has 7 heteroatoms. The van der Waals surface area contributed by atoms with Crippen LogP contribution >= 0.6 is 24.0 Å². The summed E-state index contributed by atoms with van der Waals surface area (Å²) in [7, 11) is 0.535. The van der Waals surface area contributed by atoms with Crippen molar-refractivity contribution in [2.45, 2.75) is 24.5 Å². The van der Waals surface area contributed by atoms with Gasteiger partial charge in [-0.05, 0) is 12.8 Å². The molecule has 0 aromatic heterocycles. The van der Waals surface area contributed by atoms with Crippen LogP contribution in [0.25, 0.3) is 0 Å². The number of guanidine groups is 1. The van der Waals surface area contributed by atoms with Gasteiger partial charge in [-0.15, -0.1) is 24.0 Å². The number of hydrogen-bond acceptors (Lipinski definition) is 3. The van der Waals surface area contributed by atoms with Gasteiger partial charge in [-0.1, -0.05) is 6.42 Å². The molecule has 1 atom stereocenters. The molecule has 96 valence electrons. The Balaban J connectivity index is 0.00000225. The summed E-state index contributed by atoms with van der Waals surface area (Å²) in [5, 5.41) is 5.61. The van der Waals surface area contributed by atoms with Gasteiger partial charge < -0.3 is 10.6 Å². The molecule has 1 rings (SSSR count). The first kappa shape index (κ1) is 16.0. The fourth-order valence-electron chi connectivity index (χ4n) is 1.74. The fraction of sp³-hybridized carbons (Fsp3) is 0.889. The molecule has 0 radical (unpaired) electrons. The molecule has 0 bridgehead atoms. The maximum absolute atomic E-state index is 11.7. The lowest BCUT2D eigenvalue weighted by atomic mass is 10.2. The van der Waals surface area contributed by atoms with Crippen molar-refractivity contribution in [3.05, 3.63) is 0 Å². The second-order valence-electron chi connectivity index (χ2n) is 3.69. The van der Waals surface area contributed by atoms with Gasteiger partial charge in [0.05, 0.1) is 11.0 Å². The summed E-state index contributed by atoms with van der Waals surface area (Å²) in [5.41, 5.74) is 0. The summed E-state index contributed by atoms with van der Waals surface area (Å²) >= 11 is 0. The first-order chi connectivity index (χ1) is 7.10. The summed E-state index contributed by atoms with van der Waals surface area (Å²) in [6, 6.07) is 0. The predicted molar refractivity (Wildman–Crippen MR) is 77.3 cm³/mol. The number of nitrogens with one attached hydrogen (secondary N) is 2. The molecule has 1 aliphatic rings. The third kappa shape index (κ3) is 4.44. The van der Waals surface area contributed by atoms with E-state index in [1.54, 1.807) is 14.1 Å². The summed E-state index contributed by atoms with van der Waals surface area (Å²) in [4.78, 5) is 3.94. The molecule has 1 aliphatic heterocycles. The van der Waals surface area contributed by atoms with E-state index in [2.05, 4.69) is 15.6 Å². The van der Waals surface area contributed by atoms with E-state index in [1.807, 2.05) is 0 Å². The Morgan fingerprint density at radius 1 is 1.44 bits per heavy atom. The zero-order valence-corrected chi connectivity index (χ0v) is 12.8. The van der Waals surface area contributed by atoms with Gasteiger partial charge in [-0.3, -0.25) is 4.99 Å². The van der Waals surface area contributed by atoms with Crippen LogP contribution in [-0.4, -0.2) is 46.0 Å². The maximum Gasteiger partial charge on any atom is 0.190 e. The highest BCUT2D eigenvalue weighted by Crippen LogP contribution is 2.18. The SMILES string of the molecule is CN=C(NC)NCC1CCCCS1(=O)=O.I. The first-order valence-corrected chi connectivity index (χ1v) is 6.91. The average Bonchev–Trinajstić information content (AvgIpc) is 2.21. The molecule has 1 heterocycles. The minimum Gasteiger partial charge on any atom is -0.359 e. The van der Waals surface area contributed by atoms with Crippen LogP contribution in [0, 0.1) is 0 Å². The van der Waals surface area contributed by atoms with Gasteiger partial charge >= 0.3 is 0 Å². The third-order valence-electron chi connectivity index (χ3n) is 2.67. The monoisotopic (exact) mass is 361 g/mol. The van der Waals surface area contributed by atoms with Crippen molar-refractivity contribution in [1.29, 1.82) is 0 Å². The topological polar surface area (TPSA) is 70.6 Å². The van der Waals surface area contributed by atoms with Crippen LogP contribution in [0.3, 0.4) is 0 Å². The molecule has 0 aromatic rings. The molecule has 0 spiro atoms. The van der Waals surface area contributed by atoms with E-state index < -0.39 is 9.84 Å². The van der Waals surface area contributed by atoms with Crippen LogP contribution < -0.4 is 10.6 Å². The number of aliphatic imine (C=N–C) groups is 1. The Hall–Kier alpha value is -0.0500. The van der Waals surface area contributed by atoms with E-state index in [4.69, 9.17) is 0 Å². The lowest BCUT2D eigenvalue weighted by molar-refractivity contribution is 0.535. The smallest absolute Gasteiger partial charge is 0.190 e. The minimum absolute atomic E-state index is 0. The van der Waals surface area contributed by atoms with E-state index in [9.17, 15) is 8.42 Å². The molecular formula is C9H20IN3O2S. The fourth-order valence-corrected chi connectivity index (χ4v) is 3.54. The number of rotatable bonds is 2. The van der Waals surface area contributed by atoms with Gasteiger partial charge in [0.25, 0.3) is 0 Å². The number of hydrogen-bond donors (Lipinski definition) is 2. The molecular weight excluding hydrogens is 341 g/mol. The van der Waals surface area contributed by atoms with Gasteiger partial charge in [0, 0.05) is 20.6 Å². The predicted octanol–water partition coefficient (Wildman–Crippen LogP) is 0.366. The zero-order chi connectivity index (χ0) is 11.3. The lowest BCUT2D eigenvalue weighted by Crippen LogP contribution is -2.43. The van der Waals surface area contributed by atoms with Crippen LogP contribution in [0.15, 0.2) is 4.99 Å². The van der Waals surface area contributed by atoms with Crippen LogP contribution in [0.2, 0.25) is 0 Å². The van der Waals surface area contributed by atoms with Crippen molar-refractivity contribution in [1.82, 2.24) is 10.6 Å².